The van der Waals surface area contributed by atoms with Crippen LogP contribution in [0.4, 0.5) is 0 Å². The molecule has 0 aromatic heterocycles. The summed E-state index contributed by atoms with van der Waals surface area (Å²) < 4.78 is 0. The second-order valence-electron chi connectivity index (χ2n) is 9.57. The van der Waals surface area contributed by atoms with Crippen LogP contribution in [0.5, 0.6) is 0 Å². The summed E-state index contributed by atoms with van der Waals surface area (Å²) in [4.78, 5) is 0. The lowest BCUT2D eigenvalue weighted by atomic mass is 9.76. The Labute approximate surface area is 182 Å². The Bertz CT molecular complexity index is 827. The number of amidine groups is 1. The molecule has 3 N–H and O–H groups in total. The number of oxime groups is 1. The molecule has 0 saturated heterocycles. The van der Waals surface area contributed by atoms with Crippen molar-refractivity contribution in [3.05, 3.63) is 70.8 Å². The number of hydrogen-bond donors (Lipinski definition) is 2. The van der Waals surface area contributed by atoms with E-state index in [0.717, 1.165) is 36.2 Å². The maximum atomic E-state index is 8.88. The first-order valence-electron chi connectivity index (χ1n) is 11.7. The minimum absolute atomic E-state index is 0.164. The highest BCUT2D eigenvalue weighted by Gasteiger charge is 2.22. The molecular weight excluding hydrogens is 368 g/mol. The van der Waals surface area contributed by atoms with Crippen molar-refractivity contribution in [2.75, 3.05) is 0 Å². The first-order chi connectivity index (χ1) is 14.5. The second kappa shape index (κ2) is 11.2. The molecule has 1 aliphatic carbocycles. The molecule has 1 aliphatic rings. The van der Waals surface area contributed by atoms with Crippen LogP contribution in [0.2, 0.25) is 0 Å². The van der Waals surface area contributed by atoms with Crippen LogP contribution in [0.1, 0.15) is 74.6 Å². The van der Waals surface area contributed by atoms with Crippen molar-refractivity contribution in [1.29, 1.82) is 0 Å². The average Bonchev–Trinajstić information content (AvgIpc) is 2.76. The van der Waals surface area contributed by atoms with Crippen LogP contribution in [0.3, 0.4) is 0 Å². The van der Waals surface area contributed by atoms with Crippen LogP contribution >= 0.6 is 0 Å². The molecule has 2 atom stereocenters. The largest absolute Gasteiger partial charge is 0.409 e. The second-order valence-corrected chi connectivity index (χ2v) is 9.57. The predicted molar refractivity (Wildman–Crippen MR) is 126 cm³/mol. The number of hydrogen-bond acceptors (Lipinski definition) is 2. The van der Waals surface area contributed by atoms with Crippen LogP contribution in [0.25, 0.3) is 0 Å². The lowest BCUT2D eigenvalue weighted by Crippen LogP contribution is -2.17. The van der Waals surface area contributed by atoms with E-state index in [9.17, 15) is 0 Å². The third-order valence-corrected chi connectivity index (χ3v) is 6.56. The van der Waals surface area contributed by atoms with Crippen LogP contribution in [0.15, 0.2) is 53.7 Å². The molecule has 3 heteroatoms. The van der Waals surface area contributed by atoms with Crippen molar-refractivity contribution in [3.8, 4) is 0 Å². The van der Waals surface area contributed by atoms with E-state index in [1.165, 1.54) is 61.6 Å². The average molecular weight is 407 g/mol. The Hall–Kier alpha value is -2.29. The quantitative estimate of drug-likeness (QED) is 0.220. The van der Waals surface area contributed by atoms with E-state index in [2.05, 4.69) is 49.3 Å². The maximum absolute atomic E-state index is 8.88. The van der Waals surface area contributed by atoms with Gasteiger partial charge in [0.2, 0.25) is 0 Å². The third-order valence-electron chi connectivity index (χ3n) is 6.56. The molecule has 2 aromatic rings. The Kier molecular flexibility index (Phi) is 8.36. The molecular formula is C27H38N2O. The fraction of sp³-hybridized carbons (Fsp3) is 0.519. The van der Waals surface area contributed by atoms with Gasteiger partial charge in [-0.3, -0.25) is 0 Å². The zero-order chi connectivity index (χ0) is 21.3. The van der Waals surface area contributed by atoms with Gasteiger partial charge in [0.15, 0.2) is 5.84 Å². The van der Waals surface area contributed by atoms with Gasteiger partial charge in [-0.25, -0.2) is 0 Å². The van der Waals surface area contributed by atoms with Crippen molar-refractivity contribution in [2.45, 2.75) is 71.6 Å². The van der Waals surface area contributed by atoms with E-state index in [1.54, 1.807) is 0 Å². The minimum atomic E-state index is 0.164. The molecule has 162 valence electrons. The molecule has 3 nitrogen and oxygen atoms in total. The van der Waals surface area contributed by atoms with E-state index < -0.39 is 0 Å². The molecule has 0 radical (unpaired) electrons. The van der Waals surface area contributed by atoms with Crippen LogP contribution in [-0.2, 0) is 19.3 Å². The highest BCUT2D eigenvalue weighted by molar-refractivity contribution is 5.97. The van der Waals surface area contributed by atoms with Crippen LogP contribution in [-0.4, -0.2) is 11.0 Å². The summed E-state index contributed by atoms with van der Waals surface area (Å²) >= 11 is 0. The zero-order valence-electron chi connectivity index (χ0n) is 18.7. The van der Waals surface area contributed by atoms with Gasteiger partial charge < -0.3 is 10.9 Å². The van der Waals surface area contributed by atoms with Gasteiger partial charge in [-0.15, -0.1) is 0 Å². The van der Waals surface area contributed by atoms with E-state index in [1.807, 2.05) is 18.2 Å². The number of aryl methyl sites for hydroxylation is 3. The highest BCUT2D eigenvalue weighted by Crippen LogP contribution is 2.35. The summed E-state index contributed by atoms with van der Waals surface area (Å²) in [5.74, 6) is 2.86. The molecule has 2 aromatic carbocycles. The summed E-state index contributed by atoms with van der Waals surface area (Å²) in [6.45, 7) is 4.72. The van der Waals surface area contributed by atoms with E-state index >= 15 is 0 Å². The van der Waals surface area contributed by atoms with Gasteiger partial charge in [-0.05, 0) is 79.0 Å². The van der Waals surface area contributed by atoms with Gasteiger partial charge in [-0.2, -0.15) is 0 Å². The number of rotatable bonds is 9. The molecule has 1 saturated carbocycles. The molecule has 0 heterocycles. The van der Waals surface area contributed by atoms with Gasteiger partial charge in [0.1, 0.15) is 0 Å². The number of nitrogens with zero attached hydrogens (tertiary/aromatic N) is 1. The Balaban J connectivity index is 1.51. The van der Waals surface area contributed by atoms with Crippen molar-refractivity contribution >= 4 is 5.84 Å². The SMILES string of the molecule is CC(C)CC1CCCC(CCc2cccc(CCc3cccc(C(N)=NO)c3)c2)C1. The first kappa shape index (κ1) is 22.4. The maximum Gasteiger partial charge on any atom is 0.170 e. The normalized spacial score (nSPS) is 19.9. The van der Waals surface area contributed by atoms with Crippen LogP contribution < -0.4 is 5.73 Å². The molecule has 1 fully saturated rings. The summed E-state index contributed by atoms with van der Waals surface area (Å²) in [5, 5.41) is 12.0. The van der Waals surface area contributed by atoms with E-state index in [0.29, 0.717) is 0 Å². The Morgan fingerprint density at radius 3 is 2.30 bits per heavy atom. The van der Waals surface area contributed by atoms with Crippen molar-refractivity contribution in [2.24, 2.45) is 28.6 Å². The smallest absolute Gasteiger partial charge is 0.170 e. The third kappa shape index (κ3) is 6.90. The summed E-state index contributed by atoms with van der Waals surface area (Å²) in [6.07, 6.45) is 11.6. The minimum Gasteiger partial charge on any atom is -0.409 e. The van der Waals surface area contributed by atoms with Crippen molar-refractivity contribution in [3.63, 3.8) is 0 Å². The molecule has 2 unspecified atom stereocenters. The van der Waals surface area contributed by atoms with E-state index in [-0.39, 0.29) is 5.84 Å². The summed E-state index contributed by atoms with van der Waals surface area (Å²) in [5.41, 5.74) is 10.6. The molecule has 30 heavy (non-hydrogen) atoms. The summed E-state index contributed by atoms with van der Waals surface area (Å²) in [7, 11) is 0. The summed E-state index contributed by atoms with van der Waals surface area (Å²) in [6, 6.07) is 17.1. The first-order valence-corrected chi connectivity index (χ1v) is 11.7. The van der Waals surface area contributed by atoms with Crippen molar-refractivity contribution in [1.82, 2.24) is 0 Å². The van der Waals surface area contributed by atoms with Gasteiger partial charge in [0.05, 0.1) is 0 Å². The molecule has 0 spiro atoms. The lowest BCUT2D eigenvalue weighted by Gasteiger charge is -2.30. The van der Waals surface area contributed by atoms with Gasteiger partial charge in [0.25, 0.3) is 0 Å². The molecule has 0 bridgehead atoms. The Morgan fingerprint density at radius 1 is 0.967 bits per heavy atom. The van der Waals surface area contributed by atoms with Crippen molar-refractivity contribution < 1.29 is 5.21 Å². The predicted octanol–water partition coefficient (Wildman–Crippen LogP) is 6.35. The molecule has 0 amide bonds. The van der Waals surface area contributed by atoms with Crippen LogP contribution in [0, 0.1) is 17.8 Å². The Morgan fingerprint density at radius 2 is 1.60 bits per heavy atom. The van der Waals surface area contributed by atoms with E-state index in [4.69, 9.17) is 10.9 Å². The monoisotopic (exact) mass is 406 g/mol. The number of nitrogens with two attached hydrogens (primary N) is 1. The zero-order valence-corrected chi connectivity index (χ0v) is 18.7. The van der Waals surface area contributed by atoms with Gasteiger partial charge in [-0.1, -0.05) is 80.7 Å². The number of benzene rings is 2. The standard InChI is InChI=1S/C27H38N2O/c1-20(2)16-25-10-4-8-23(18-25)13-12-21-6-3-7-22(17-21)14-15-24-9-5-11-26(19-24)27(28)29-30/h3,5-7,9,11,17,19-20,23,25,30H,4,8,10,12-16,18H2,1-2H3,(H2,28,29). The topological polar surface area (TPSA) is 58.6 Å². The fourth-order valence-corrected chi connectivity index (χ4v) is 5.09. The molecule has 3 rings (SSSR count). The lowest BCUT2D eigenvalue weighted by molar-refractivity contribution is 0.227. The van der Waals surface area contributed by atoms with Gasteiger partial charge in [0, 0.05) is 5.56 Å². The fourth-order valence-electron chi connectivity index (χ4n) is 5.09. The molecule has 0 aliphatic heterocycles. The van der Waals surface area contributed by atoms with Gasteiger partial charge >= 0.3 is 0 Å². The highest BCUT2D eigenvalue weighted by atomic mass is 16.4.